The summed E-state index contributed by atoms with van der Waals surface area (Å²) in [5.41, 5.74) is 9.48. The molecule has 0 heterocycles. The van der Waals surface area contributed by atoms with Crippen molar-refractivity contribution < 1.29 is 0 Å². The van der Waals surface area contributed by atoms with Crippen molar-refractivity contribution in [2.75, 3.05) is 17.7 Å². The van der Waals surface area contributed by atoms with Gasteiger partial charge >= 0.3 is 0 Å². The summed E-state index contributed by atoms with van der Waals surface area (Å²) in [7, 11) is 1.99. The van der Waals surface area contributed by atoms with E-state index in [9.17, 15) is 0 Å². The van der Waals surface area contributed by atoms with Crippen LogP contribution in [0.4, 0.5) is 11.4 Å². The Hall–Kier alpha value is -2.47. The molecule has 0 aliphatic carbocycles. The van der Waals surface area contributed by atoms with E-state index < -0.39 is 0 Å². The van der Waals surface area contributed by atoms with E-state index in [0.29, 0.717) is 5.56 Å². The highest BCUT2D eigenvalue weighted by atomic mass is 15.1. The molecule has 2 aromatic rings. The Kier molecular flexibility index (Phi) is 3.49. The second kappa shape index (κ2) is 5.24. The summed E-state index contributed by atoms with van der Waals surface area (Å²) >= 11 is 0. The van der Waals surface area contributed by atoms with Crippen molar-refractivity contribution in [3.8, 4) is 6.07 Å². The van der Waals surface area contributed by atoms with Crippen LogP contribution in [0.25, 0.3) is 0 Å². The average molecular weight is 237 g/mol. The number of hydrogen-bond donors (Lipinski definition) is 1. The van der Waals surface area contributed by atoms with E-state index in [1.807, 2.05) is 49.5 Å². The van der Waals surface area contributed by atoms with Crippen LogP contribution >= 0.6 is 0 Å². The van der Waals surface area contributed by atoms with Crippen molar-refractivity contribution in [1.82, 2.24) is 0 Å². The molecule has 90 valence electrons. The van der Waals surface area contributed by atoms with Crippen LogP contribution in [-0.2, 0) is 6.54 Å². The molecule has 0 fully saturated rings. The first-order valence-corrected chi connectivity index (χ1v) is 5.75. The number of nitrogens with zero attached hydrogens (tertiary/aromatic N) is 2. The molecule has 0 saturated carbocycles. The minimum Gasteiger partial charge on any atom is -0.398 e. The van der Waals surface area contributed by atoms with E-state index in [2.05, 4.69) is 11.0 Å². The molecule has 2 aromatic carbocycles. The van der Waals surface area contributed by atoms with Gasteiger partial charge in [0.25, 0.3) is 0 Å². The van der Waals surface area contributed by atoms with E-state index in [1.54, 1.807) is 6.07 Å². The van der Waals surface area contributed by atoms with Crippen LogP contribution in [-0.4, -0.2) is 7.05 Å². The van der Waals surface area contributed by atoms with Gasteiger partial charge in [-0.1, -0.05) is 24.3 Å². The van der Waals surface area contributed by atoms with Crippen molar-refractivity contribution in [2.45, 2.75) is 6.54 Å². The van der Waals surface area contributed by atoms with E-state index in [-0.39, 0.29) is 0 Å². The smallest absolute Gasteiger partial charge is 0.0992 e. The zero-order valence-corrected chi connectivity index (χ0v) is 10.3. The second-order valence-electron chi connectivity index (χ2n) is 4.22. The molecule has 0 spiro atoms. The van der Waals surface area contributed by atoms with Crippen LogP contribution in [0.1, 0.15) is 11.1 Å². The van der Waals surface area contributed by atoms with E-state index >= 15 is 0 Å². The van der Waals surface area contributed by atoms with E-state index in [0.717, 1.165) is 23.5 Å². The highest BCUT2D eigenvalue weighted by Gasteiger charge is 2.05. The van der Waals surface area contributed by atoms with Crippen molar-refractivity contribution in [3.63, 3.8) is 0 Å². The Morgan fingerprint density at radius 3 is 2.67 bits per heavy atom. The summed E-state index contributed by atoms with van der Waals surface area (Å²) in [6.45, 7) is 0.724. The molecule has 0 saturated heterocycles. The van der Waals surface area contributed by atoms with E-state index in [4.69, 9.17) is 11.0 Å². The van der Waals surface area contributed by atoms with Crippen LogP contribution in [0.5, 0.6) is 0 Å². The molecule has 0 radical (unpaired) electrons. The largest absolute Gasteiger partial charge is 0.398 e. The molecule has 3 heteroatoms. The standard InChI is InChI=1S/C15H15N3/c1-18(11-13-6-2-3-8-15(13)17)14-7-4-5-12(9-14)10-16/h2-9H,11,17H2,1H3. The lowest BCUT2D eigenvalue weighted by Gasteiger charge is -2.20. The van der Waals surface area contributed by atoms with Crippen LogP contribution < -0.4 is 10.6 Å². The maximum atomic E-state index is 8.89. The van der Waals surface area contributed by atoms with Crippen molar-refractivity contribution in [2.24, 2.45) is 0 Å². The SMILES string of the molecule is CN(Cc1ccccc1N)c1cccc(C#N)c1. The van der Waals surface area contributed by atoms with Gasteiger partial charge in [-0.05, 0) is 29.8 Å². The van der Waals surface area contributed by atoms with Crippen LogP contribution in [0.2, 0.25) is 0 Å². The van der Waals surface area contributed by atoms with Gasteiger partial charge in [0.05, 0.1) is 11.6 Å². The summed E-state index contributed by atoms with van der Waals surface area (Å²) in [5, 5.41) is 8.89. The Morgan fingerprint density at radius 2 is 1.94 bits per heavy atom. The molecular weight excluding hydrogens is 222 g/mol. The van der Waals surface area contributed by atoms with Gasteiger partial charge in [-0.25, -0.2) is 0 Å². The molecule has 0 aliphatic heterocycles. The number of hydrogen-bond acceptors (Lipinski definition) is 3. The average Bonchev–Trinajstić information content (AvgIpc) is 2.41. The summed E-state index contributed by atoms with van der Waals surface area (Å²) in [4.78, 5) is 2.08. The van der Waals surface area contributed by atoms with Gasteiger partial charge in [-0.2, -0.15) is 5.26 Å². The Bertz CT molecular complexity index is 584. The quantitative estimate of drug-likeness (QED) is 0.835. The van der Waals surface area contributed by atoms with Gasteiger partial charge in [-0.15, -0.1) is 0 Å². The first-order valence-electron chi connectivity index (χ1n) is 5.75. The maximum absolute atomic E-state index is 8.89. The summed E-state index contributed by atoms with van der Waals surface area (Å²) in [5.74, 6) is 0. The van der Waals surface area contributed by atoms with Gasteiger partial charge in [0.2, 0.25) is 0 Å². The third-order valence-electron chi connectivity index (χ3n) is 2.88. The number of nitriles is 1. The van der Waals surface area contributed by atoms with Gasteiger partial charge in [0.1, 0.15) is 0 Å². The third-order valence-corrected chi connectivity index (χ3v) is 2.88. The molecule has 0 unspecified atom stereocenters. The fourth-order valence-electron chi connectivity index (χ4n) is 1.84. The Labute approximate surface area is 107 Å². The van der Waals surface area contributed by atoms with E-state index in [1.165, 1.54) is 0 Å². The molecule has 2 rings (SSSR count). The number of anilines is 2. The molecule has 18 heavy (non-hydrogen) atoms. The minimum atomic E-state index is 0.667. The highest BCUT2D eigenvalue weighted by Crippen LogP contribution is 2.19. The third kappa shape index (κ3) is 2.61. The van der Waals surface area contributed by atoms with Gasteiger partial charge in [0.15, 0.2) is 0 Å². The lowest BCUT2D eigenvalue weighted by molar-refractivity contribution is 0.925. The minimum absolute atomic E-state index is 0.667. The van der Waals surface area contributed by atoms with Gasteiger partial charge in [-0.3, -0.25) is 0 Å². The lowest BCUT2D eigenvalue weighted by Crippen LogP contribution is -2.17. The topological polar surface area (TPSA) is 53.0 Å². The predicted octanol–water partition coefficient (Wildman–Crippen LogP) is 2.78. The Balaban J connectivity index is 2.20. The van der Waals surface area contributed by atoms with Crippen molar-refractivity contribution >= 4 is 11.4 Å². The van der Waals surface area contributed by atoms with Crippen LogP contribution in [0.3, 0.4) is 0 Å². The predicted molar refractivity (Wildman–Crippen MR) is 74.1 cm³/mol. The fraction of sp³-hybridized carbons (Fsp3) is 0.133. The molecule has 0 atom stereocenters. The summed E-state index contributed by atoms with van der Waals surface area (Å²) in [6, 6.07) is 17.5. The summed E-state index contributed by atoms with van der Waals surface area (Å²) in [6.07, 6.45) is 0. The molecule has 0 bridgehead atoms. The highest BCUT2D eigenvalue weighted by molar-refractivity contribution is 5.54. The van der Waals surface area contributed by atoms with Crippen LogP contribution in [0.15, 0.2) is 48.5 Å². The van der Waals surface area contributed by atoms with Crippen molar-refractivity contribution in [3.05, 3.63) is 59.7 Å². The van der Waals surface area contributed by atoms with Crippen molar-refractivity contribution in [1.29, 1.82) is 5.26 Å². The summed E-state index contributed by atoms with van der Waals surface area (Å²) < 4.78 is 0. The second-order valence-corrected chi connectivity index (χ2v) is 4.22. The number of nitrogen functional groups attached to an aromatic ring is 1. The zero-order chi connectivity index (χ0) is 13.0. The van der Waals surface area contributed by atoms with Gasteiger partial charge in [0, 0.05) is 25.0 Å². The number of benzene rings is 2. The molecule has 0 aliphatic rings. The molecule has 0 aromatic heterocycles. The monoisotopic (exact) mass is 237 g/mol. The van der Waals surface area contributed by atoms with Gasteiger partial charge < -0.3 is 10.6 Å². The molecule has 2 N–H and O–H groups in total. The number of para-hydroxylation sites is 1. The maximum Gasteiger partial charge on any atom is 0.0992 e. The molecular formula is C15H15N3. The fourth-order valence-corrected chi connectivity index (χ4v) is 1.84. The Morgan fingerprint density at radius 1 is 1.17 bits per heavy atom. The normalized spacial score (nSPS) is 9.78. The molecule has 0 amide bonds. The first kappa shape index (κ1) is 12.0. The number of rotatable bonds is 3. The lowest BCUT2D eigenvalue weighted by atomic mass is 10.1. The first-order chi connectivity index (χ1) is 8.70. The zero-order valence-electron chi connectivity index (χ0n) is 10.3. The number of nitrogens with two attached hydrogens (primary N) is 1. The van der Waals surface area contributed by atoms with Crippen LogP contribution in [0, 0.1) is 11.3 Å². The molecule has 3 nitrogen and oxygen atoms in total.